The van der Waals surface area contributed by atoms with E-state index >= 15 is 0 Å². The fourth-order valence-corrected chi connectivity index (χ4v) is 10.5. The number of fused-ring (bicyclic) bond motifs is 1. The lowest BCUT2D eigenvalue weighted by molar-refractivity contribution is -0.152. The number of carbonyl (C=O) groups excluding carboxylic acids is 1. The molecule has 0 heterocycles. The number of hydrogen-bond acceptors (Lipinski definition) is 4. The second-order valence-electron chi connectivity index (χ2n) is 18.2. The van der Waals surface area contributed by atoms with Crippen LogP contribution in [0.5, 0.6) is 0 Å². The lowest BCUT2D eigenvalue weighted by Gasteiger charge is -2.45. The molecular formula is C37H66O4Si2. The maximum Gasteiger partial charge on any atom is 0.308 e. The van der Waals surface area contributed by atoms with Crippen molar-refractivity contribution in [2.45, 2.75) is 168 Å². The predicted octanol–water partition coefficient (Wildman–Crippen LogP) is 10.6. The van der Waals surface area contributed by atoms with Crippen molar-refractivity contribution in [3.8, 4) is 0 Å². The van der Waals surface area contributed by atoms with Crippen LogP contribution in [0.25, 0.3) is 0 Å². The largest absolute Gasteiger partial charge is 0.465 e. The third-order valence-electron chi connectivity index (χ3n) is 12.7. The molecule has 6 atom stereocenters. The van der Waals surface area contributed by atoms with Gasteiger partial charge in [0.05, 0.1) is 24.7 Å². The molecule has 0 spiro atoms. The van der Waals surface area contributed by atoms with Crippen molar-refractivity contribution in [1.29, 1.82) is 0 Å². The molecule has 0 saturated heterocycles. The molecule has 6 heteroatoms. The Morgan fingerprint density at radius 3 is 1.98 bits per heavy atom. The molecule has 0 aromatic carbocycles. The Bertz CT molecular complexity index is 1020. The fourth-order valence-electron chi connectivity index (χ4n) is 7.74. The summed E-state index contributed by atoms with van der Waals surface area (Å²) >= 11 is 0. The van der Waals surface area contributed by atoms with Gasteiger partial charge in [-0.15, -0.1) is 0 Å². The Morgan fingerprint density at radius 1 is 0.907 bits per heavy atom. The lowest BCUT2D eigenvalue weighted by Crippen LogP contribution is -2.48. The molecule has 0 amide bonds. The second kappa shape index (κ2) is 12.8. The van der Waals surface area contributed by atoms with Gasteiger partial charge in [-0.3, -0.25) is 4.79 Å². The maximum atomic E-state index is 13.0. The fraction of sp³-hybridized carbons (Fsp3) is 0.865. The number of ether oxygens (including phenoxy) is 1. The van der Waals surface area contributed by atoms with E-state index in [0.717, 1.165) is 25.7 Å². The molecule has 0 aromatic rings. The summed E-state index contributed by atoms with van der Waals surface area (Å²) in [6.07, 6.45) is 16.9. The Labute approximate surface area is 267 Å². The first kappa shape index (κ1) is 35.2. The third kappa shape index (κ3) is 8.18. The van der Waals surface area contributed by atoms with E-state index in [2.05, 4.69) is 93.7 Å². The van der Waals surface area contributed by atoms with Crippen LogP contribution in [0, 0.1) is 29.1 Å². The first-order chi connectivity index (χ1) is 19.7. The van der Waals surface area contributed by atoms with Gasteiger partial charge in [0.1, 0.15) is 0 Å². The monoisotopic (exact) mass is 630 g/mol. The molecule has 4 nitrogen and oxygen atoms in total. The molecule has 4 aliphatic carbocycles. The topological polar surface area (TPSA) is 44.8 Å². The normalized spacial score (nSPS) is 32.5. The van der Waals surface area contributed by atoms with E-state index in [-0.39, 0.29) is 39.6 Å². The molecule has 0 bridgehead atoms. The molecule has 0 radical (unpaired) electrons. The minimum absolute atomic E-state index is 0.00807. The Morgan fingerprint density at radius 2 is 1.47 bits per heavy atom. The van der Waals surface area contributed by atoms with Crippen molar-refractivity contribution in [2.75, 3.05) is 6.61 Å². The van der Waals surface area contributed by atoms with Gasteiger partial charge in [0.2, 0.25) is 0 Å². The average molecular weight is 631 g/mol. The highest BCUT2D eigenvalue weighted by atomic mass is 28.4. The maximum absolute atomic E-state index is 13.0. The van der Waals surface area contributed by atoms with Gasteiger partial charge in [-0.25, -0.2) is 0 Å². The first-order valence-corrected chi connectivity index (χ1v) is 23.5. The quantitative estimate of drug-likeness (QED) is 0.188. The van der Waals surface area contributed by atoms with Gasteiger partial charge in [0, 0.05) is 0 Å². The highest BCUT2D eigenvalue weighted by Crippen LogP contribution is 2.59. The summed E-state index contributed by atoms with van der Waals surface area (Å²) in [5, 5.41) is 0.387. The molecule has 0 aromatic heterocycles. The van der Waals surface area contributed by atoms with E-state index in [1.165, 1.54) is 44.1 Å². The van der Waals surface area contributed by atoms with Gasteiger partial charge in [-0.05, 0) is 124 Å². The standard InChI is InChI=1S/C37H66O4Si2/c1-26(34(38)39-25-27-15-16-27)32-19-20-33-29(14-13-21-37(32,33)8)18-17-28-22-30(40-42(9,10)35(2,3)4)24-31(23-28)41-43(11,12)36(5,6)7/h17-18,26-27,30-33H,13-16,19-25H2,1-12H3/b29-18+/t26-,30+,31+,32+,33-,37+/m0/s1. The van der Waals surface area contributed by atoms with Gasteiger partial charge >= 0.3 is 5.97 Å². The zero-order chi connectivity index (χ0) is 32.0. The molecule has 4 saturated carbocycles. The van der Waals surface area contributed by atoms with Crippen LogP contribution in [-0.4, -0.2) is 41.4 Å². The van der Waals surface area contributed by atoms with E-state index in [0.29, 0.717) is 24.4 Å². The Balaban J connectivity index is 1.52. The van der Waals surface area contributed by atoms with Gasteiger partial charge < -0.3 is 13.6 Å². The van der Waals surface area contributed by atoms with E-state index < -0.39 is 16.6 Å². The van der Waals surface area contributed by atoms with E-state index in [1.54, 1.807) is 5.57 Å². The Hall–Kier alpha value is -0.696. The molecule has 43 heavy (non-hydrogen) atoms. The summed E-state index contributed by atoms with van der Waals surface area (Å²) in [6, 6.07) is 0. The van der Waals surface area contributed by atoms with Crippen LogP contribution in [-0.2, 0) is 18.4 Å². The van der Waals surface area contributed by atoms with E-state index in [1.807, 2.05) is 0 Å². The smallest absolute Gasteiger partial charge is 0.308 e. The van der Waals surface area contributed by atoms with Crippen LogP contribution in [0.1, 0.15) is 120 Å². The van der Waals surface area contributed by atoms with Gasteiger partial charge in [-0.2, -0.15) is 0 Å². The van der Waals surface area contributed by atoms with Crippen molar-refractivity contribution in [2.24, 2.45) is 29.1 Å². The van der Waals surface area contributed by atoms with E-state index in [9.17, 15) is 4.79 Å². The van der Waals surface area contributed by atoms with Gasteiger partial charge in [-0.1, -0.05) is 78.7 Å². The zero-order valence-electron chi connectivity index (χ0n) is 30.0. The molecule has 4 fully saturated rings. The van der Waals surface area contributed by atoms with Crippen molar-refractivity contribution in [3.05, 3.63) is 23.3 Å². The average Bonchev–Trinajstić information content (AvgIpc) is 3.63. The number of hydrogen-bond donors (Lipinski definition) is 0. The van der Waals surface area contributed by atoms with Crippen LogP contribution in [0.4, 0.5) is 0 Å². The third-order valence-corrected chi connectivity index (χ3v) is 21.8. The summed E-state index contributed by atoms with van der Waals surface area (Å²) in [5.74, 6) is 1.65. The number of esters is 1. The molecule has 246 valence electrons. The minimum Gasteiger partial charge on any atom is -0.465 e. The molecule has 0 N–H and O–H groups in total. The lowest BCUT2D eigenvalue weighted by atomic mass is 9.61. The molecule has 4 rings (SSSR count). The van der Waals surface area contributed by atoms with Gasteiger partial charge in [0.25, 0.3) is 0 Å². The highest BCUT2D eigenvalue weighted by Gasteiger charge is 2.52. The van der Waals surface area contributed by atoms with Crippen molar-refractivity contribution >= 4 is 22.6 Å². The summed E-state index contributed by atoms with van der Waals surface area (Å²) in [6.45, 7) is 28.9. The van der Waals surface area contributed by atoms with Crippen molar-refractivity contribution in [3.63, 3.8) is 0 Å². The summed E-state index contributed by atoms with van der Waals surface area (Å²) in [5.41, 5.74) is 3.29. The van der Waals surface area contributed by atoms with Crippen molar-refractivity contribution < 1.29 is 18.4 Å². The number of carbonyl (C=O) groups is 1. The molecular weight excluding hydrogens is 565 g/mol. The van der Waals surface area contributed by atoms with Crippen LogP contribution in [0.2, 0.25) is 36.3 Å². The number of rotatable bonds is 9. The zero-order valence-corrected chi connectivity index (χ0v) is 32.0. The van der Waals surface area contributed by atoms with Crippen LogP contribution >= 0.6 is 0 Å². The van der Waals surface area contributed by atoms with Crippen LogP contribution < -0.4 is 0 Å². The first-order valence-electron chi connectivity index (χ1n) is 17.6. The second-order valence-corrected chi connectivity index (χ2v) is 27.7. The summed E-state index contributed by atoms with van der Waals surface area (Å²) < 4.78 is 19.9. The van der Waals surface area contributed by atoms with Gasteiger partial charge in [0.15, 0.2) is 16.6 Å². The summed E-state index contributed by atoms with van der Waals surface area (Å²) in [7, 11) is -3.78. The molecule has 4 aliphatic rings. The highest BCUT2D eigenvalue weighted by molar-refractivity contribution is 6.74. The summed E-state index contributed by atoms with van der Waals surface area (Å²) in [4.78, 5) is 13.0. The SMILES string of the molecule is C[C@H](C(=O)OCC1CC1)[C@H]1CC[C@H]2/C(=C/C=C3C[C@@H](O[Si](C)(C)C(C)(C)C)C[C@H](O[Si](C)(C)C(C)(C)C)C3)CCC[C@]12C. The molecule has 0 unspecified atom stereocenters. The van der Waals surface area contributed by atoms with Crippen LogP contribution in [0.15, 0.2) is 23.3 Å². The van der Waals surface area contributed by atoms with Crippen molar-refractivity contribution in [1.82, 2.24) is 0 Å². The van der Waals surface area contributed by atoms with Crippen LogP contribution in [0.3, 0.4) is 0 Å². The minimum atomic E-state index is -1.89. The predicted molar refractivity (Wildman–Crippen MR) is 185 cm³/mol. The Kier molecular flexibility index (Phi) is 10.5. The van der Waals surface area contributed by atoms with E-state index in [4.69, 9.17) is 13.6 Å². The molecule has 0 aliphatic heterocycles. The number of allylic oxidation sites excluding steroid dienone is 3.